The van der Waals surface area contributed by atoms with Crippen LogP contribution in [0.3, 0.4) is 0 Å². The first-order valence-corrected chi connectivity index (χ1v) is 7.71. The number of hydrogen-bond acceptors (Lipinski definition) is 4. The molecule has 0 atom stereocenters. The van der Waals surface area contributed by atoms with Crippen molar-refractivity contribution in [1.82, 2.24) is 4.90 Å². The number of hydrogen-bond donors (Lipinski definition) is 0. The van der Waals surface area contributed by atoms with Crippen molar-refractivity contribution in [2.45, 2.75) is 19.5 Å². The average Bonchev–Trinajstić information content (AvgIpc) is 2.98. The van der Waals surface area contributed by atoms with Crippen LogP contribution in [0.2, 0.25) is 0 Å². The number of thiophene rings is 1. The van der Waals surface area contributed by atoms with Gasteiger partial charge in [-0.05, 0) is 52.1 Å². The van der Waals surface area contributed by atoms with E-state index in [2.05, 4.69) is 33.9 Å². The summed E-state index contributed by atoms with van der Waals surface area (Å²) in [6, 6.07) is 6.44. The molecule has 0 saturated carbocycles. The molecule has 1 aliphatic rings. The number of rotatable bonds is 4. The molecule has 0 bridgehead atoms. The first kappa shape index (κ1) is 13.5. The summed E-state index contributed by atoms with van der Waals surface area (Å²) in [6.45, 7) is 3.10. The summed E-state index contributed by atoms with van der Waals surface area (Å²) in [5.41, 5.74) is 4.13. The molecule has 0 unspecified atom stereocenters. The van der Waals surface area contributed by atoms with Gasteiger partial charge in [0.1, 0.15) is 0 Å². The molecule has 1 aliphatic heterocycles. The van der Waals surface area contributed by atoms with Crippen molar-refractivity contribution in [2.75, 3.05) is 20.8 Å². The summed E-state index contributed by atoms with van der Waals surface area (Å²) in [5.74, 6) is 1.65. The van der Waals surface area contributed by atoms with Crippen LogP contribution >= 0.6 is 11.3 Å². The highest BCUT2D eigenvalue weighted by atomic mass is 32.1. The predicted octanol–water partition coefficient (Wildman–Crippen LogP) is 3.32. The van der Waals surface area contributed by atoms with Gasteiger partial charge in [0.15, 0.2) is 11.5 Å². The van der Waals surface area contributed by atoms with Crippen molar-refractivity contribution < 1.29 is 9.47 Å². The SMILES string of the molecule is COc1cc2c(cc1OC)CN(Cc1ccsc1)CC2. The van der Waals surface area contributed by atoms with Crippen LogP contribution in [0, 0.1) is 0 Å². The van der Waals surface area contributed by atoms with E-state index < -0.39 is 0 Å². The van der Waals surface area contributed by atoms with Crippen molar-refractivity contribution >= 4 is 11.3 Å². The second-order valence-electron chi connectivity index (χ2n) is 5.07. The molecular formula is C16H19NO2S. The van der Waals surface area contributed by atoms with Crippen LogP contribution in [0.15, 0.2) is 29.0 Å². The Morgan fingerprint density at radius 2 is 1.90 bits per heavy atom. The van der Waals surface area contributed by atoms with Crippen molar-refractivity contribution in [3.05, 3.63) is 45.6 Å². The number of methoxy groups -OCH3 is 2. The maximum absolute atomic E-state index is 5.40. The zero-order chi connectivity index (χ0) is 13.9. The topological polar surface area (TPSA) is 21.7 Å². The maximum atomic E-state index is 5.40. The summed E-state index contributed by atoms with van der Waals surface area (Å²) in [6.07, 6.45) is 1.07. The Morgan fingerprint density at radius 1 is 1.15 bits per heavy atom. The third-order valence-electron chi connectivity index (χ3n) is 3.78. The molecule has 4 heteroatoms. The van der Waals surface area contributed by atoms with Crippen LogP contribution in [-0.4, -0.2) is 25.7 Å². The van der Waals surface area contributed by atoms with Crippen molar-refractivity contribution in [2.24, 2.45) is 0 Å². The monoisotopic (exact) mass is 289 g/mol. The van der Waals surface area contributed by atoms with E-state index in [1.54, 1.807) is 25.6 Å². The molecule has 0 spiro atoms. The lowest BCUT2D eigenvalue weighted by atomic mass is 9.98. The van der Waals surface area contributed by atoms with Crippen molar-refractivity contribution in [3.63, 3.8) is 0 Å². The predicted molar refractivity (Wildman–Crippen MR) is 81.7 cm³/mol. The third kappa shape index (κ3) is 2.67. The molecule has 3 nitrogen and oxygen atoms in total. The molecule has 20 heavy (non-hydrogen) atoms. The van der Waals surface area contributed by atoms with Crippen LogP contribution in [0.4, 0.5) is 0 Å². The molecule has 3 rings (SSSR count). The largest absolute Gasteiger partial charge is 0.493 e. The van der Waals surface area contributed by atoms with E-state index in [4.69, 9.17) is 9.47 Å². The molecule has 0 N–H and O–H groups in total. The molecule has 2 heterocycles. The molecular weight excluding hydrogens is 270 g/mol. The minimum Gasteiger partial charge on any atom is -0.493 e. The Hall–Kier alpha value is -1.52. The first-order chi connectivity index (χ1) is 9.80. The highest BCUT2D eigenvalue weighted by Gasteiger charge is 2.19. The van der Waals surface area contributed by atoms with Crippen LogP contribution in [0.1, 0.15) is 16.7 Å². The fourth-order valence-corrected chi connectivity index (χ4v) is 3.38. The lowest BCUT2D eigenvalue weighted by molar-refractivity contribution is 0.244. The van der Waals surface area contributed by atoms with Gasteiger partial charge in [0, 0.05) is 19.6 Å². The highest BCUT2D eigenvalue weighted by molar-refractivity contribution is 7.07. The molecule has 1 aromatic heterocycles. The Morgan fingerprint density at radius 3 is 2.55 bits per heavy atom. The van der Waals surface area contributed by atoms with Gasteiger partial charge in [-0.2, -0.15) is 11.3 Å². The number of fused-ring (bicyclic) bond motifs is 1. The smallest absolute Gasteiger partial charge is 0.161 e. The minimum atomic E-state index is 0.823. The normalized spacial score (nSPS) is 14.9. The summed E-state index contributed by atoms with van der Waals surface area (Å²) in [4.78, 5) is 2.48. The lowest BCUT2D eigenvalue weighted by Gasteiger charge is -2.29. The number of nitrogens with zero attached hydrogens (tertiary/aromatic N) is 1. The molecule has 1 aromatic carbocycles. The summed E-state index contributed by atoms with van der Waals surface area (Å²) >= 11 is 1.76. The van der Waals surface area contributed by atoms with Gasteiger partial charge in [0.25, 0.3) is 0 Å². The van der Waals surface area contributed by atoms with E-state index in [-0.39, 0.29) is 0 Å². The molecule has 106 valence electrons. The van der Waals surface area contributed by atoms with E-state index >= 15 is 0 Å². The molecule has 0 radical (unpaired) electrons. The molecule has 0 amide bonds. The van der Waals surface area contributed by atoms with Crippen molar-refractivity contribution in [1.29, 1.82) is 0 Å². The molecule has 0 fully saturated rings. The second kappa shape index (κ2) is 5.85. The van der Waals surface area contributed by atoms with Gasteiger partial charge in [0.05, 0.1) is 14.2 Å². The Balaban J connectivity index is 1.80. The quantitative estimate of drug-likeness (QED) is 0.862. The molecule has 0 aliphatic carbocycles. The second-order valence-corrected chi connectivity index (χ2v) is 5.85. The van der Waals surface area contributed by atoms with Crippen LogP contribution in [-0.2, 0) is 19.5 Å². The van der Waals surface area contributed by atoms with Crippen molar-refractivity contribution in [3.8, 4) is 11.5 Å². The lowest BCUT2D eigenvalue weighted by Crippen LogP contribution is -2.29. The Kier molecular flexibility index (Phi) is 3.94. The van der Waals surface area contributed by atoms with E-state index in [0.717, 1.165) is 37.6 Å². The van der Waals surface area contributed by atoms with Gasteiger partial charge < -0.3 is 9.47 Å². The van der Waals surface area contributed by atoms with Gasteiger partial charge in [-0.3, -0.25) is 4.90 Å². The zero-order valence-corrected chi connectivity index (χ0v) is 12.7. The highest BCUT2D eigenvalue weighted by Crippen LogP contribution is 2.33. The fourth-order valence-electron chi connectivity index (χ4n) is 2.72. The first-order valence-electron chi connectivity index (χ1n) is 6.77. The van der Waals surface area contributed by atoms with Gasteiger partial charge in [-0.1, -0.05) is 0 Å². The summed E-state index contributed by atoms with van der Waals surface area (Å²) < 4.78 is 10.8. The van der Waals surface area contributed by atoms with Gasteiger partial charge in [-0.15, -0.1) is 0 Å². The van der Waals surface area contributed by atoms with E-state index in [0.29, 0.717) is 0 Å². The standard InChI is InChI=1S/C16H19NO2S/c1-18-15-7-13-3-5-17(9-12-4-6-20-11-12)10-14(13)8-16(15)19-2/h4,6-8,11H,3,5,9-10H2,1-2H3. The molecule has 2 aromatic rings. The van der Waals surface area contributed by atoms with Gasteiger partial charge >= 0.3 is 0 Å². The van der Waals surface area contributed by atoms with Gasteiger partial charge in [-0.25, -0.2) is 0 Å². The Bertz CT molecular complexity index is 580. The van der Waals surface area contributed by atoms with Gasteiger partial charge in [0.2, 0.25) is 0 Å². The summed E-state index contributed by atoms with van der Waals surface area (Å²) in [5, 5.41) is 4.37. The van der Waals surface area contributed by atoms with Crippen LogP contribution < -0.4 is 9.47 Å². The average molecular weight is 289 g/mol. The fraction of sp³-hybridized carbons (Fsp3) is 0.375. The van der Waals surface area contributed by atoms with Crippen LogP contribution in [0.25, 0.3) is 0 Å². The number of benzene rings is 1. The van der Waals surface area contributed by atoms with Crippen LogP contribution in [0.5, 0.6) is 11.5 Å². The molecule has 0 saturated heterocycles. The third-order valence-corrected chi connectivity index (χ3v) is 4.52. The maximum Gasteiger partial charge on any atom is 0.161 e. The Labute approximate surface area is 123 Å². The number of ether oxygens (including phenoxy) is 2. The summed E-state index contributed by atoms with van der Waals surface area (Å²) in [7, 11) is 3.38. The van der Waals surface area contributed by atoms with E-state index in [9.17, 15) is 0 Å². The van der Waals surface area contributed by atoms with E-state index in [1.165, 1.54) is 16.7 Å². The zero-order valence-electron chi connectivity index (χ0n) is 11.9. The van der Waals surface area contributed by atoms with E-state index in [1.807, 2.05) is 0 Å². The minimum absolute atomic E-state index is 0.823.